The molecule has 1 atom stereocenters. The maximum atomic E-state index is 4.41. The largest absolute Gasteiger partial charge is 0.308 e. The first kappa shape index (κ1) is 13.5. The minimum atomic E-state index is 0.336. The number of nitrogens with one attached hydrogen (secondary N) is 1. The highest BCUT2D eigenvalue weighted by Crippen LogP contribution is 2.30. The number of likely N-dealkylation sites (tertiary alicyclic amines) is 1. The zero-order chi connectivity index (χ0) is 13.0. The predicted molar refractivity (Wildman–Crippen MR) is 75.5 cm³/mol. The summed E-state index contributed by atoms with van der Waals surface area (Å²) in [6.45, 7) is 8.11. The summed E-state index contributed by atoms with van der Waals surface area (Å²) in [5.74, 6) is 0. The fourth-order valence-electron chi connectivity index (χ4n) is 2.47. The quantitative estimate of drug-likeness (QED) is 0.886. The van der Waals surface area contributed by atoms with E-state index in [0.717, 1.165) is 12.2 Å². The Kier molecular flexibility index (Phi) is 4.36. The average Bonchev–Trinajstić information content (AvgIpc) is 2.41. The van der Waals surface area contributed by atoms with Crippen LogP contribution >= 0.6 is 0 Å². The van der Waals surface area contributed by atoms with Gasteiger partial charge in [-0.25, -0.2) is 0 Å². The Bertz CT molecular complexity index is 355. The third-order valence-corrected chi connectivity index (χ3v) is 4.16. The smallest absolute Gasteiger partial charge is 0.0570 e. The van der Waals surface area contributed by atoms with Gasteiger partial charge in [-0.05, 0) is 57.5 Å². The second kappa shape index (κ2) is 5.81. The SMILES string of the molecule is CC(NCC1(C)CCN(C)CC1)c1ccccn1. The van der Waals surface area contributed by atoms with Crippen molar-refractivity contribution in [1.29, 1.82) is 0 Å². The van der Waals surface area contributed by atoms with E-state index in [2.05, 4.69) is 48.2 Å². The lowest BCUT2D eigenvalue weighted by atomic mass is 9.80. The van der Waals surface area contributed by atoms with Crippen molar-refractivity contribution in [3.63, 3.8) is 0 Å². The molecule has 1 aliphatic heterocycles. The molecule has 2 heterocycles. The van der Waals surface area contributed by atoms with Gasteiger partial charge in [-0.2, -0.15) is 0 Å². The van der Waals surface area contributed by atoms with E-state index in [1.54, 1.807) is 0 Å². The minimum Gasteiger partial charge on any atom is -0.308 e. The molecule has 0 bridgehead atoms. The second-order valence-electron chi connectivity index (χ2n) is 5.97. The van der Waals surface area contributed by atoms with E-state index in [0.29, 0.717) is 11.5 Å². The molecular weight excluding hydrogens is 222 g/mol. The van der Waals surface area contributed by atoms with Gasteiger partial charge in [0.1, 0.15) is 0 Å². The number of nitrogens with zero attached hydrogens (tertiary/aromatic N) is 2. The minimum absolute atomic E-state index is 0.336. The van der Waals surface area contributed by atoms with Crippen molar-refractivity contribution in [2.75, 3.05) is 26.7 Å². The van der Waals surface area contributed by atoms with Gasteiger partial charge in [0.15, 0.2) is 0 Å². The van der Waals surface area contributed by atoms with Crippen LogP contribution in [0.25, 0.3) is 0 Å². The van der Waals surface area contributed by atoms with E-state index in [-0.39, 0.29) is 0 Å². The van der Waals surface area contributed by atoms with Crippen molar-refractivity contribution < 1.29 is 0 Å². The third-order valence-electron chi connectivity index (χ3n) is 4.16. The summed E-state index contributed by atoms with van der Waals surface area (Å²) in [5, 5.41) is 3.64. The first-order chi connectivity index (χ1) is 8.59. The Morgan fingerprint density at radius 1 is 1.39 bits per heavy atom. The maximum absolute atomic E-state index is 4.41. The van der Waals surface area contributed by atoms with Crippen LogP contribution in [0.5, 0.6) is 0 Å². The molecule has 0 spiro atoms. The van der Waals surface area contributed by atoms with Gasteiger partial charge in [0.2, 0.25) is 0 Å². The van der Waals surface area contributed by atoms with Crippen LogP contribution < -0.4 is 5.32 Å². The lowest BCUT2D eigenvalue weighted by Crippen LogP contribution is -2.42. The van der Waals surface area contributed by atoms with E-state index in [4.69, 9.17) is 0 Å². The lowest BCUT2D eigenvalue weighted by Gasteiger charge is -2.38. The third kappa shape index (κ3) is 3.53. The Labute approximate surface area is 111 Å². The number of rotatable bonds is 4. The van der Waals surface area contributed by atoms with Gasteiger partial charge in [-0.15, -0.1) is 0 Å². The molecular formula is C15H25N3. The van der Waals surface area contributed by atoms with Crippen molar-refractivity contribution in [3.05, 3.63) is 30.1 Å². The molecule has 0 saturated carbocycles. The Hall–Kier alpha value is -0.930. The topological polar surface area (TPSA) is 28.2 Å². The molecule has 1 aromatic heterocycles. The first-order valence-corrected chi connectivity index (χ1v) is 6.92. The van der Waals surface area contributed by atoms with Gasteiger partial charge in [0, 0.05) is 18.8 Å². The molecule has 1 unspecified atom stereocenters. The Morgan fingerprint density at radius 3 is 2.72 bits per heavy atom. The highest BCUT2D eigenvalue weighted by atomic mass is 15.1. The van der Waals surface area contributed by atoms with Crippen LogP contribution in [0.1, 0.15) is 38.4 Å². The average molecular weight is 247 g/mol. The summed E-state index contributed by atoms with van der Waals surface area (Å²) in [6.07, 6.45) is 4.43. The molecule has 1 aromatic rings. The van der Waals surface area contributed by atoms with Crippen LogP contribution in [0.2, 0.25) is 0 Å². The first-order valence-electron chi connectivity index (χ1n) is 6.92. The molecule has 2 rings (SSSR count). The fourth-order valence-corrected chi connectivity index (χ4v) is 2.47. The van der Waals surface area contributed by atoms with Gasteiger partial charge in [0.25, 0.3) is 0 Å². The van der Waals surface area contributed by atoms with Crippen molar-refractivity contribution in [3.8, 4) is 0 Å². The molecule has 1 N–H and O–H groups in total. The van der Waals surface area contributed by atoms with E-state index in [1.165, 1.54) is 25.9 Å². The predicted octanol–water partition coefficient (Wildman–Crippen LogP) is 2.46. The number of hydrogen-bond donors (Lipinski definition) is 1. The van der Waals surface area contributed by atoms with E-state index in [9.17, 15) is 0 Å². The summed E-state index contributed by atoms with van der Waals surface area (Å²) in [6, 6.07) is 6.45. The molecule has 0 aliphatic carbocycles. The molecule has 0 radical (unpaired) electrons. The van der Waals surface area contributed by atoms with Gasteiger partial charge in [-0.3, -0.25) is 4.98 Å². The second-order valence-corrected chi connectivity index (χ2v) is 5.97. The molecule has 3 nitrogen and oxygen atoms in total. The number of aromatic nitrogens is 1. The van der Waals surface area contributed by atoms with Crippen LogP contribution in [-0.4, -0.2) is 36.6 Å². The molecule has 1 saturated heterocycles. The standard InChI is InChI=1S/C15H25N3/c1-13(14-6-4-5-9-16-14)17-12-15(2)7-10-18(3)11-8-15/h4-6,9,13,17H,7-8,10-12H2,1-3H3. The molecule has 1 fully saturated rings. The fraction of sp³-hybridized carbons (Fsp3) is 0.667. The van der Waals surface area contributed by atoms with Crippen LogP contribution in [0, 0.1) is 5.41 Å². The number of hydrogen-bond acceptors (Lipinski definition) is 3. The summed E-state index contributed by atoms with van der Waals surface area (Å²) in [4.78, 5) is 6.83. The van der Waals surface area contributed by atoms with Gasteiger partial charge in [-0.1, -0.05) is 13.0 Å². The van der Waals surface area contributed by atoms with Gasteiger partial charge < -0.3 is 10.2 Å². The van der Waals surface area contributed by atoms with E-state index >= 15 is 0 Å². The van der Waals surface area contributed by atoms with E-state index in [1.807, 2.05) is 12.3 Å². The Balaban J connectivity index is 1.84. The van der Waals surface area contributed by atoms with Crippen LogP contribution in [0.4, 0.5) is 0 Å². The highest BCUT2D eigenvalue weighted by molar-refractivity contribution is 5.07. The maximum Gasteiger partial charge on any atom is 0.0570 e. The van der Waals surface area contributed by atoms with Crippen molar-refractivity contribution in [2.45, 2.75) is 32.7 Å². The van der Waals surface area contributed by atoms with Crippen molar-refractivity contribution in [1.82, 2.24) is 15.2 Å². The summed E-state index contributed by atoms with van der Waals surface area (Å²) in [7, 11) is 2.21. The molecule has 0 aromatic carbocycles. The monoisotopic (exact) mass is 247 g/mol. The van der Waals surface area contributed by atoms with E-state index < -0.39 is 0 Å². The van der Waals surface area contributed by atoms with Crippen molar-refractivity contribution >= 4 is 0 Å². The van der Waals surface area contributed by atoms with Crippen LogP contribution in [0.3, 0.4) is 0 Å². The normalized spacial score (nSPS) is 21.7. The van der Waals surface area contributed by atoms with Gasteiger partial charge in [0.05, 0.1) is 5.69 Å². The zero-order valence-electron chi connectivity index (χ0n) is 11.8. The van der Waals surface area contributed by atoms with Crippen LogP contribution in [0.15, 0.2) is 24.4 Å². The molecule has 100 valence electrons. The highest BCUT2D eigenvalue weighted by Gasteiger charge is 2.28. The molecule has 1 aliphatic rings. The summed E-state index contributed by atoms with van der Waals surface area (Å²) in [5.41, 5.74) is 1.57. The molecule has 18 heavy (non-hydrogen) atoms. The lowest BCUT2D eigenvalue weighted by molar-refractivity contribution is 0.134. The van der Waals surface area contributed by atoms with Gasteiger partial charge >= 0.3 is 0 Å². The zero-order valence-corrected chi connectivity index (χ0v) is 11.8. The summed E-state index contributed by atoms with van der Waals surface area (Å²) < 4.78 is 0. The molecule has 3 heteroatoms. The number of piperidine rings is 1. The van der Waals surface area contributed by atoms with Crippen LogP contribution in [-0.2, 0) is 0 Å². The molecule has 0 amide bonds. The summed E-state index contributed by atoms with van der Waals surface area (Å²) >= 11 is 0. The Morgan fingerprint density at radius 2 is 2.11 bits per heavy atom. The van der Waals surface area contributed by atoms with Crippen molar-refractivity contribution in [2.24, 2.45) is 5.41 Å². The number of pyridine rings is 1.